The van der Waals surface area contributed by atoms with Gasteiger partial charge in [0.1, 0.15) is 5.82 Å². The third-order valence-corrected chi connectivity index (χ3v) is 4.77. The molecule has 19 heavy (non-hydrogen) atoms. The summed E-state index contributed by atoms with van der Waals surface area (Å²) < 4.78 is 14.9. The molecule has 3 heteroatoms. The molecule has 106 valence electrons. The second kappa shape index (κ2) is 7.39. The van der Waals surface area contributed by atoms with Gasteiger partial charge in [-0.2, -0.15) is 0 Å². The molecule has 1 aromatic carbocycles. The second-order valence-corrected chi connectivity index (χ2v) is 6.57. The van der Waals surface area contributed by atoms with Gasteiger partial charge in [0.2, 0.25) is 0 Å². The first-order valence-electron chi connectivity index (χ1n) is 7.29. The Bertz CT molecular complexity index is 408. The van der Waals surface area contributed by atoms with Crippen LogP contribution in [0.4, 0.5) is 4.39 Å². The molecule has 2 rings (SSSR count). The van der Waals surface area contributed by atoms with E-state index in [1.807, 2.05) is 13.1 Å². The summed E-state index contributed by atoms with van der Waals surface area (Å²) in [6, 6.07) is 5.29. The zero-order valence-electron chi connectivity index (χ0n) is 11.6. The summed E-state index contributed by atoms with van der Waals surface area (Å²) in [6.07, 6.45) is 7.33. The summed E-state index contributed by atoms with van der Waals surface area (Å²) in [4.78, 5) is 0. The normalized spacial score (nSPS) is 24.2. The van der Waals surface area contributed by atoms with Gasteiger partial charge in [0.05, 0.1) is 0 Å². The number of hydrogen-bond acceptors (Lipinski definition) is 1. The van der Waals surface area contributed by atoms with Crippen LogP contribution < -0.4 is 5.32 Å². The van der Waals surface area contributed by atoms with Crippen molar-refractivity contribution in [3.05, 3.63) is 34.1 Å². The maximum atomic E-state index is 13.9. The molecule has 1 aliphatic rings. The molecule has 0 aromatic heterocycles. The Kier molecular flexibility index (Phi) is 5.83. The number of rotatable bonds is 4. The van der Waals surface area contributed by atoms with Gasteiger partial charge in [-0.15, -0.1) is 0 Å². The second-order valence-electron chi connectivity index (χ2n) is 5.66. The highest BCUT2D eigenvalue weighted by molar-refractivity contribution is 9.10. The quantitative estimate of drug-likeness (QED) is 0.800. The highest BCUT2D eigenvalue weighted by Crippen LogP contribution is 2.32. The molecule has 2 unspecified atom stereocenters. The van der Waals surface area contributed by atoms with E-state index < -0.39 is 0 Å². The van der Waals surface area contributed by atoms with Gasteiger partial charge >= 0.3 is 0 Å². The molecule has 1 fully saturated rings. The van der Waals surface area contributed by atoms with E-state index in [1.165, 1.54) is 32.1 Å². The smallest absolute Gasteiger partial charge is 0.126 e. The van der Waals surface area contributed by atoms with Gasteiger partial charge in [0, 0.05) is 4.47 Å². The summed E-state index contributed by atoms with van der Waals surface area (Å²) >= 11 is 3.44. The average Bonchev–Trinajstić information content (AvgIpc) is 2.60. The topological polar surface area (TPSA) is 12.0 Å². The minimum Gasteiger partial charge on any atom is -0.319 e. The minimum atomic E-state index is -0.0596. The molecule has 0 radical (unpaired) electrons. The van der Waals surface area contributed by atoms with Crippen LogP contribution in [0.3, 0.4) is 0 Å². The van der Waals surface area contributed by atoms with Gasteiger partial charge in [-0.3, -0.25) is 0 Å². The van der Waals surface area contributed by atoms with E-state index in [-0.39, 0.29) is 5.82 Å². The molecule has 0 amide bonds. The lowest BCUT2D eigenvalue weighted by Gasteiger charge is -2.25. The minimum absolute atomic E-state index is 0.0596. The van der Waals surface area contributed by atoms with Crippen LogP contribution in [-0.2, 0) is 6.42 Å². The largest absolute Gasteiger partial charge is 0.319 e. The molecule has 0 aliphatic heterocycles. The Balaban J connectivity index is 2.11. The van der Waals surface area contributed by atoms with Crippen molar-refractivity contribution >= 4 is 15.9 Å². The van der Waals surface area contributed by atoms with E-state index >= 15 is 0 Å². The third-order valence-electron chi connectivity index (χ3n) is 4.27. The van der Waals surface area contributed by atoms with Crippen molar-refractivity contribution in [2.45, 2.75) is 38.5 Å². The molecule has 1 N–H and O–H groups in total. The van der Waals surface area contributed by atoms with Gasteiger partial charge in [0.25, 0.3) is 0 Å². The van der Waals surface area contributed by atoms with Gasteiger partial charge in [-0.25, -0.2) is 4.39 Å². The Morgan fingerprint density at radius 1 is 1.21 bits per heavy atom. The van der Waals surface area contributed by atoms with E-state index in [1.54, 1.807) is 12.1 Å². The summed E-state index contributed by atoms with van der Waals surface area (Å²) in [5.74, 6) is 1.24. The first-order valence-corrected chi connectivity index (χ1v) is 8.08. The lowest BCUT2D eigenvalue weighted by Crippen LogP contribution is -2.26. The van der Waals surface area contributed by atoms with Crippen molar-refractivity contribution < 1.29 is 4.39 Å². The molecule has 0 spiro atoms. The van der Waals surface area contributed by atoms with E-state index in [0.29, 0.717) is 11.8 Å². The highest BCUT2D eigenvalue weighted by atomic mass is 79.9. The van der Waals surface area contributed by atoms with Crippen molar-refractivity contribution in [2.24, 2.45) is 11.8 Å². The maximum absolute atomic E-state index is 13.9. The molecule has 1 saturated carbocycles. The van der Waals surface area contributed by atoms with Crippen LogP contribution in [0, 0.1) is 17.7 Å². The summed E-state index contributed by atoms with van der Waals surface area (Å²) in [7, 11) is 2.02. The van der Waals surface area contributed by atoms with Crippen molar-refractivity contribution in [3.63, 3.8) is 0 Å². The number of benzene rings is 1. The Labute approximate surface area is 124 Å². The summed E-state index contributed by atoms with van der Waals surface area (Å²) in [5, 5.41) is 3.30. The van der Waals surface area contributed by atoms with Crippen molar-refractivity contribution in [1.82, 2.24) is 5.32 Å². The Morgan fingerprint density at radius 3 is 2.68 bits per heavy atom. The first-order chi connectivity index (χ1) is 9.20. The van der Waals surface area contributed by atoms with Crippen LogP contribution in [0.25, 0.3) is 0 Å². The highest BCUT2D eigenvalue weighted by Gasteiger charge is 2.24. The molecular weight excluding hydrogens is 305 g/mol. The monoisotopic (exact) mass is 327 g/mol. The van der Waals surface area contributed by atoms with E-state index in [4.69, 9.17) is 0 Å². The van der Waals surface area contributed by atoms with Gasteiger partial charge in [-0.1, -0.05) is 35.2 Å². The van der Waals surface area contributed by atoms with Crippen LogP contribution in [0.5, 0.6) is 0 Å². The SMILES string of the molecule is CNCC1CCCCCC1Cc1cc(Br)ccc1F. The molecule has 0 saturated heterocycles. The fraction of sp³-hybridized carbons (Fsp3) is 0.625. The van der Waals surface area contributed by atoms with E-state index in [0.717, 1.165) is 23.0 Å². The molecule has 1 aromatic rings. The standard InChI is InChI=1S/C16H23BrFN/c1-19-11-13-6-4-2-3-5-12(13)9-14-10-15(17)7-8-16(14)18/h7-8,10,12-13,19H,2-6,9,11H2,1H3. The van der Waals surface area contributed by atoms with E-state index in [9.17, 15) is 4.39 Å². The van der Waals surface area contributed by atoms with Crippen molar-refractivity contribution in [3.8, 4) is 0 Å². The van der Waals surface area contributed by atoms with Crippen LogP contribution in [0.2, 0.25) is 0 Å². The van der Waals surface area contributed by atoms with Crippen LogP contribution in [0.1, 0.15) is 37.7 Å². The third kappa shape index (κ3) is 4.28. The number of halogens is 2. The summed E-state index contributed by atoms with van der Waals surface area (Å²) in [6.45, 7) is 1.06. The molecular formula is C16H23BrFN. The molecule has 1 nitrogen and oxygen atoms in total. The lowest BCUT2D eigenvalue weighted by atomic mass is 9.83. The van der Waals surface area contributed by atoms with Gasteiger partial charge < -0.3 is 5.32 Å². The van der Waals surface area contributed by atoms with Crippen LogP contribution in [-0.4, -0.2) is 13.6 Å². The van der Waals surface area contributed by atoms with E-state index in [2.05, 4.69) is 21.2 Å². The molecule has 1 aliphatic carbocycles. The molecule has 0 heterocycles. The van der Waals surface area contributed by atoms with Gasteiger partial charge in [0.15, 0.2) is 0 Å². The van der Waals surface area contributed by atoms with Crippen LogP contribution >= 0.6 is 15.9 Å². The lowest BCUT2D eigenvalue weighted by molar-refractivity contribution is 0.301. The fourth-order valence-electron chi connectivity index (χ4n) is 3.24. The molecule has 0 bridgehead atoms. The fourth-order valence-corrected chi connectivity index (χ4v) is 3.65. The first kappa shape index (κ1) is 15.0. The van der Waals surface area contributed by atoms with Crippen molar-refractivity contribution in [2.75, 3.05) is 13.6 Å². The maximum Gasteiger partial charge on any atom is 0.126 e. The number of hydrogen-bond donors (Lipinski definition) is 1. The Morgan fingerprint density at radius 2 is 1.95 bits per heavy atom. The average molecular weight is 328 g/mol. The molecule has 2 atom stereocenters. The predicted molar refractivity (Wildman–Crippen MR) is 81.8 cm³/mol. The predicted octanol–water partition coefficient (Wildman–Crippen LogP) is 4.55. The number of nitrogens with one attached hydrogen (secondary N) is 1. The van der Waals surface area contributed by atoms with Gasteiger partial charge in [-0.05, 0) is 68.5 Å². The zero-order valence-corrected chi connectivity index (χ0v) is 13.2. The van der Waals surface area contributed by atoms with Crippen molar-refractivity contribution in [1.29, 1.82) is 0 Å². The van der Waals surface area contributed by atoms with Crippen LogP contribution in [0.15, 0.2) is 22.7 Å². The zero-order chi connectivity index (χ0) is 13.7. The Hall–Kier alpha value is -0.410. The summed E-state index contributed by atoms with van der Waals surface area (Å²) in [5.41, 5.74) is 0.863.